The molecule has 3 aromatic rings. The summed E-state index contributed by atoms with van der Waals surface area (Å²) in [6.45, 7) is 6.53. The molecule has 2 heterocycles. The van der Waals surface area contributed by atoms with Gasteiger partial charge in [0.1, 0.15) is 0 Å². The van der Waals surface area contributed by atoms with Crippen molar-refractivity contribution in [3.63, 3.8) is 0 Å². The summed E-state index contributed by atoms with van der Waals surface area (Å²) < 4.78 is 2.04. The first-order valence-corrected chi connectivity index (χ1v) is 10.9. The van der Waals surface area contributed by atoms with Gasteiger partial charge in [0.25, 0.3) is 0 Å². The van der Waals surface area contributed by atoms with E-state index in [4.69, 9.17) is 0 Å². The number of thioether (sulfide) groups is 1. The summed E-state index contributed by atoms with van der Waals surface area (Å²) in [4.78, 5) is 28.5. The van der Waals surface area contributed by atoms with Crippen LogP contribution in [-0.2, 0) is 11.3 Å². The molecule has 0 radical (unpaired) electrons. The minimum Gasteiger partial charge on any atom is -0.326 e. The van der Waals surface area contributed by atoms with Crippen molar-refractivity contribution < 1.29 is 9.59 Å². The second-order valence-electron chi connectivity index (χ2n) is 7.13. The molecule has 0 aliphatic heterocycles. The molecule has 0 unspecified atom stereocenters. The van der Waals surface area contributed by atoms with Gasteiger partial charge in [-0.1, -0.05) is 32.5 Å². The maximum atomic E-state index is 12.6. The van der Waals surface area contributed by atoms with Crippen LogP contribution in [0.5, 0.6) is 0 Å². The van der Waals surface area contributed by atoms with Crippen LogP contribution in [0.25, 0.3) is 11.4 Å². The normalized spacial score (nSPS) is 10.9. The van der Waals surface area contributed by atoms with Gasteiger partial charge in [0.15, 0.2) is 16.8 Å². The SMILES string of the molecule is CCCn1c(SCC(=O)c2ccc(NC(=O)C(C)C)cc2)nnc1-c1ccncc1. The molecule has 2 aromatic heterocycles. The molecule has 0 bridgehead atoms. The lowest BCUT2D eigenvalue weighted by molar-refractivity contribution is -0.118. The number of amides is 1. The van der Waals surface area contributed by atoms with Crippen molar-refractivity contribution in [2.45, 2.75) is 38.9 Å². The molecular weight excluding hydrogens is 398 g/mol. The predicted molar refractivity (Wildman–Crippen MR) is 119 cm³/mol. The molecular formula is C22H25N5O2S. The molecule has 0 fully saturated rings. The van der Waals surface area contributed by atoms with Crippen molar-refractivity contribution in [3.05, 3.63) is 54.4 Å². The molecule has 30 heavy (non-hydrogen) atoms. The van der Waals surface area contributed by atoms with Gasteiger partial charge < -0.3 is 9.88 Å². The van der Waals surface area contributed by atoms with Crippen molar-refractivity contribution in [3.8, 4) is 11.4 Å². The molecule has 1 aromatic carbocycles. The lowest BCUT2D eigenvalue weighted by Gasteiger charge is -2.09. The van der Waals surface area contributed by atoms with Crippen molar-refractivity contribution in [2.75, 3.05) is 11.1 Å². The Morgan fingerprint density at radius 2 is 1.77 bits per heavy atom. The van der Waals surface area contributed by atoms with Gasteiger partial charge in [0.2, 0.25) is 5.91 Å². The number of Topliss-reactive ketones (excluding diaryl/α,β-unsaturated/α-hetero) is 1. The van der Waals surface area contributed by atoms with E-state index in [-0.39, 0.29) is 23.4 Å². The Morgan fingerprint density at radius 3 is 2.40 bits per heavy atom. The number of nitrogens with one attached hydrogen (secondary N) is 1. The fourth-order valence-electron chi connectivity index (χ4n) is 2.77. The summed E-state index contributed by atoms with van der Waals surface area (Å²) in [5.41, 5.74) is 2.23. The van der Waals surface area contributed by atoms with Crippen molar-refractivity contribution in [1.82, 2.24) is 19.7 Å². The van der Waals surface area contributed by atoms with E-state index < -0.39 is 0 Å². The standard InChI is InChI=1S/C22H25N5O2S/c1-4-13-27-20(17-9-11-23-12-10-17)25-26-22(27)30-14-19(28)16-5-7-18(8-6-16)24-21(29)15(2)3/h5-12,15H,4,13-14H2,1-3H3,(H,24,29). The second-order valence-corrected chi connectivity index (χ2v) is 8.07. The van der Waals surface area contributed by atoms with E-state index in [1.807, 2.05) is 30.5 Å². The summed E-state index contributed by atoms with van der Waals surface area (Å²) in [7, 11) is 0. The summed E-state index contributed by atoms with van der Waals surface area (Å²) in [6.07, 6.45) is 4.38. The molecule has 3 rings (SSSR count). The molecule has 0 atom stereocenters. The van der Waals surface area contributed by atoms with E-state index in [1.165, 1.54) is 11.8 Å². The summed E-state index contributed by atoms with van der Waals surface area (Å²) in [6, 6.07) is 10.8. The van der Waals surface area contributed by atoms with Crippen LogP contribution < -0.4 is 5.32 Å². The number of ketones is 1. The Labute approximate surface area is 180 Å². The minimum atomic E-state index is -0.0970. The lowest BCUT2D eigenvalue weighted by atomic mass is 10.1. The third kappa shape index (κ3) is 5.33. The summed E-state index contributed by atoms with van der Waals surface area (Å²) in [5, 5.41) is 12.2. The number of carbonyl (C=O) groups excluding carboxylic acids is 2. The molecule has 7 nitrogen and oxygen atoms in total. The number of nitrogens with zero attached hydrogens (tertiary/aromatic N) is 4. The van der Waals surface area contributed by atoms with E-state index in [1.54, 1.807) is 36.7 Å². The number of aromatic nitrogens is 4. The van der Waals surface area contributed by atoms with Crippen LogP contribution in [0.4, 0.5) is 5.69 Å². The molecule has 0 saturated carbocycles. The third-order valence-electron chi connectivity index (χ3n) is 4.43. The molecule has 8 heteroatoms. The Bertz CT molecular complexity index is 1000. The van der Waals surface area contributed by atoms with Crippen LogP contribution in [-0.4, -0.2) is 37.2 Å². The predicted octanol–water partition coefficient (Wildman–Crippen LogP) is 4.32. The van der Waals surface area contributed by atoms with Gasteiger partial charge in [0, 0.05) is 41.7 Å². The van der Waals surface area contributed by atoms with Gasteiger partial charge >= 0.3 is 0 Å². The monoisotopic (exact) mass is 423 g/mol. The fraction of sp³-hybridized carbons (Fsp3) is 0.318. The highest BCUT2D eigenvalue weighted by molar-refractivity contribution is 7.99. The van der Waals surface area contributed by atoms with Gasteiger partial charge in [0.05, 0.1) is 5.75 Å². The van der Waals surface area contributed by atoms with Crippen LogP contribution in [0.3, 0.4) is 0 Å². The molecule has 0 aliphatic carbocycles. The summed E-state index contributed by atoms with van der Waals surface area (Å²) in [5.74, 6) is 0.887. The first-order chi connectivity index (χ1) is 14.5. The Balaban J connectivity index is 1.67. The van der Waals surface area contributed by atoms with E-state index in [0.29, 0.717) is 11.3 Å². The number of anilines is 1. The third-order valence-corrected chi connectivity index (χ3v) is 5.40. The smallest absolute Gasteiger partial charge is 0.226 e. The minimum absolute atomic E-state index is 0.00162. The zero-order valence-corrected chi connectivity index (χ0v) is 18.1. The maximum absolute atomic E-state index is 12.6. The largest absolute Gasteiger partial charge is 0.326 e. The quantitative estimate of drug-likeness (QED) is 0.407. The van der Waals surface area contributed by atoms with E-state index in [0.717, 1.165) is 29.5 Å². The van der Waals surface area contributed by atoms with Crippen molar-refractivity contribution >= 4 is 29.1 Å². The topological polar surface area (TPSA) is 89.8 Å². The highest BCUT2D eigenvalue weighted by Crippen LogP contribution is 2.25. The zero-order valence-electron chi connectivity index (χ0n) is 17.3. The van der Waals surface area contributed by atoms with Crippen LogP contribution in [0.2, 0.25) is 0 Å². The second kappa shape index (κ2) is 10.2. The Morgan fingerprint density at radius 1 is 1.07 bits per heavy atom. The van der Waals surface area contributed by atoms with Gasteiger partial charge in [-0.05, 0) is 42.8 Å². The highest BCUT2D eigenvalue weighted by Gasteiger charge is 2.16. The lowest BCUT2D eigenvalue weighted by Crippen LogP contribution is -2.17. The molecule has 0 saturated heterocycles. The number of hydrogen-bond acceptors (Lipinski definition) is 6. The van der Waals surface area contributed by atoms with E-state index >= 15 is 0 Å². The maximum Gasteiger partial charge on any atom is 0.226 e. The molecule has 156 valence electrons. The van der Waals surface area contributed by atoms with Crippen molar-refractivity contribution in [1.29, 1.82) is 0 Å². The molecule has 1 amide bonds. The number of rotatable bonds is 9. The van der Waals surface area contributed by atoms with Crippen molar-refractivity contribution in [2.24, 2.45) is 5.92 Å². The number of pyridine rings is 1. The van der Waals surface area contributed by atoms with Crippen LogP contribution >= 0.6 is 11.8 Å². The van der Waals surface area contributed by atoms with Gasteiger partial charge in [-0.3, -0.25) is 14.6 Å². The Kier molecular flexibility index (Phi) is 7.35. The van der Waals surface area contributed by atoms with Gasteiger partial charge in [-0.15, -0.1) is 10.2 Å². The molecule has 1 N–H and O–H groups in total. The first kappa shape index (κ1) is 21.7. The zero-order chi connectivity index (χ0) is 21.5. The van der Waals surface area contributed by atoms with Crippen LogP contribution in [0.1, 0.15) is 37.6 Å². The summed E-state index contributed by atoms with van der Waals surface area (Å²) >= 11 is 1.38. The van der Waals surface area contributed by atoms with Crippen LogP contribution in [0.15, 0.2) is 53.9 Å². The average Bonchev–Trinajstić information content (AvgIpc) is 3.16. The fourth-order valence-corrected chi connectivity index (χ4v) is 3.63. The number of hydrogen-bond donors (Lipinski definition) is 1. The molecule has 0 spiro atoms. The molecule has 0 aliphatic rings. The van der Waals surface area contributed by atoms with Gasteiger partial charge in [-0.25, -0.2) is 0 Å². The first-order valence-electron chi connectivity index (χ1n) is 9.90. The van der Waals surface area contributed by atoms with E-state index in [9.17, 15) is 9.59 Å². The Hall–Kier alpha value is -3.00. The average molecular weight is 424 g/mol. The number of carbonyl (C=O) groups is 2. The highest BCUT2D eigenvalue weighted by atomic mass is 32.2. The van der Waals surface area contributed by atoms with E-state index in [2.05, 4.69) is 27.4 Å². The van der Waals surface area contributed by atoms with Crippen LogP contribution in [0, 0.1) is 5.92 Å². The van der Waals surface area contributed by atoms with Gasteiger partial charge in [-0.2, -0.15) is 0 Å². The number of benzene rings is 1.